The smallest absolute Gasteiger partial charge is 0.139 e. The van der Waals surface area contributed by atoms with Crippen molar-refractivity contribution in [2.75, 3.05) is 0 Å². The Morgan fingerprint density at radius 2 is 0.960 bits per heavy atom. The van der Waals surface area contributed by atoms with Gasteiger partial charge in [0.15, 0.2) is 0 Å². The number of rotatable bonds is 0. The Morgan fingerprint density at radius 1 is 0.480 bits per heavy atom. The Bertz CT molecular complexity index is 456. The lowest BCUT2D eigenvalue weighted by molar-refractivity contribution is -0.126. The zero-order valence-electron chi connectivity index (χ0n) is 16.1. The van der Waals surface area contributed by atoms with E-state index in [0.717, 1.165) is 41.3 Å². The van der Waals surface area contributed by atoms with Crippen molar-refractivity contribution in [2.45, 2.75) is 96.3 Å². The van der Waals surface area contributed by atoms with Gasteiger partial charge in [0, 0.05) is 11.8 Å². The summed E-state index contributed by atoms with van der Waals surface area (Å²) in [5.74, 6) is 7.29. The fourth-order valence-corrected chi connectivity index (χ4v) is 8.70. The molecule has 6 atom stereocenters. The molecule has 2 bridgehead atoms. The summed E-state index contributed by atoms with van der Waals surface area (Å²) in [5, 5.41) is 0. The third kappa shape index (κ3) is 2.74. The van der Waals surface area contributed by atoms with Crippen LogP contribution in [0.2, 0.25) is 0 Å². The van der Waals surface area contributed by atoms with Crippen LogP contribution in [0.4, 0.5) is 0 Å². The zero-order chi connectivity index (χ0) is 16.8. The topological polar surface area (TPSA) is 17.1 Å². The number of hydrogen-bond donors (Lipinski definition) is 0. The van der Waals surface area contributed by atoms with Gasteiger partial charge in [-0.3, -0.25) is 4.79 Å². The van der Waals surface area contributed by atoms with Crippen molar-refractivity contribution in [1.29, 1.82) is 0 Å². The highest BCUT2D eigenvalue weighted by Gasteiger charge is 2.63. The van der Waals surface area contributed by atoms with E-state index in [1.54, 1.807) is 0 Å². The minimum absolute atomic E-state index is 0.476. The highest BCUT2D eigenvalue weighted by atomic mass is 16.1. The fourth-order valence-electron chi connectivity index (χ4n) is 8.70. The molecule has 5 aliphatic rings. The highest BCUT2D eigenvalue weighted by molar-refractivity contribution is 5.86. The number of hydrogen-bond acceptors (Lipinski definition) is 1. The second kappa shape index (κ2) is 7.01. The van der Waals surface area contributed by atoms with E-state index in [1.165, 1.54) is 96.3 Å². The number of carbonyl (C=O) groups excluding carboxylic acids is 1. The molecule has 5 rings (SSSR count). The molecule has 1 heteroatoms. The lowest BCUT2D eigenvalue weighted by Crippen LogP contribution is -2.36. The normalized spacial score (nSPS) is 50.5. The van der Waals surface area contributed by atoms with Crippen LogP contribution in [0.15, 0.2) is 0 Å². The second-order valence-electron chi connectivity index (χ2n) is 10.3. The van der Waals surface area contributed by atoms with Crippen molar-refractivity contribution < 1.29 is 4.79 Å². The molecule has 0 aromatic rings. The predicted molar refractivity (Wildman–Crippen MR) is 102 cm³/mol. The average molecular weight is 343 g/mol. The van der Waals surface area contributed by atoms with Crippen LogP contribution in [0.3, 0.4) is 0 Å². The van der Waals surface area contributed by atoms with Gasteiger partial charge >= 0.3 is 0 Å². The Hall–Kier alpha value is -0.330. The molecule has 0 aromatic heterocycles. The van der Waals surface area contributed by atoms with Crippen molar-refractivity contribution in [3.63, 3.8) is 0 Å². The summed E-state index contributed by atoms with van der Waals surface area (Å²) >= 11 is 0. The molecule has 1 nitrogen and oxygen atoms in total. The van der Waals surface area contributed by atoms with Gasteiger partial charge in [-0.2, -0.15) is 0 Å². The molecule has 0 heterocycles. The summed E-state index contributed by atoms with van der Waals surface area (Å²) in [5.41, 5.74) is 0. The average Bonchev–Trinajstić information content (AvgIpc) is 3.09. The van der Waals surface area contributed by atoms with Gasteiger partial charge in [-0.25, -0.2) is 0 Å². The molecule has 0 aromatic carbocycles. The molecule has 0 aliphatic heterocycles. The van der Waals surface area contributed by atoms with Crippen LogP contribution in [0, 0.1) is 47.3 Å². The van der Waals surface area contributed by atoms with Crippen LogP contribution in [0.5, 0.6) is 0 Å². The van der Waals surface area contributed by atoms with E-state index >= 15 is 0 Å². The number of fused-ring (bicyclic) bond motifs is 7. The fraction of sp³-hybridized carbons (Fsp3) is 0.958. The van der Waals surface area contributed by atoms with E-state index in [9.17, 15) is 4.79 Å². The van der Waals surface area contributed by atoms with Gasteiger partial charge < -0.3 is 0 Å². The molecule has 0 N–H and O–H groups in total. The summed E-state index contributed by atoms with van der Waals surface area (Å²) in [7, 11) is 0. The third-order valence-corrected chi connectivity index (χ3v) is 9.38. The van der Waals surface area contributed by atoms with Crippen LogP contribution in [-0.4, -0.2) is 5.78 Å². The first-order chi connectivity index (χ1) is 12.4. The van der Waals surface area contributed by atoms with Crippen molar-refractivity contribution in [3.8, 4) is 0 Å². The second-order valence-corrected chi connectivity index (χ2v) is 10.3. The van der Waals surface area contributed by atoms with Crippen LogP contribution in [0.25, 0.3) is 0 Å². The Kier molecular flexibility index (Phi) is 4.71. The lowest BCUT2D eigenvalue weighted by Gasteiger charge is -2.43. The van der Waals surface area contributed by atoms with E-state index in [-0.39, 0.29) is 0 Å². The van der Waals surface area contributed by atoms with E-state index in [2.05, 4.69) is 0 Å². The Balaban J connectivity index is 1.46. The van der Waals surface area contributed by atoms with Crippen LogP contribution in [-0.2, 0) is 4.79 Å². The Morgan fingerprint density at radius 3 is 1.48 bits per heavy atom. The van der Waals surface area contributed by atoms with Gasteiger partial charge in [-0.1, -0.05) is 70.6 Å². The van der Waals surface area contributed by atoms with Crippen molar-refractivity contribution >= 4 is 5.78 Å². The molecule has 0 amide bonds. The van der Waals surface area contributed by atoms with Crippen LogP contribution in [0.1, 0.15) is 96.3 Å². The monoisotopic (exact) mass is 342 g/mol. The first kappa shape index (κ1) is 16.8. The SMILES string of the molecule is O=C1C2CCCCCCCCCC1C1C3CCCC4CCCC(C43)C21. The molecule has 0 saturated heterocycles. The molecule has 6 unspecified atom stereocenters. The minimum atomic E-state index is 0.476. The number of Topliss-reactive ketones (excluding diaryl/α,β-unsaturated/α-hetero) is 1. The van der Waals surface area contributed by atoms with E-state index in [0.29, 0.717) is 11.8 Å². The van der Waals surface area contributed by atoms with Gasteiger partial charge in [-0.05, 0) is 61.2 Å². The molecule has 140 valence electrons. The molecule has 5 aliphatic carbocycles. The maximum Gasteiger partial charge on any atom is 0.139 e. The van der Waals surface area contributed by atoms with Crippen LogP contribution < -0.4 is 0 Å². The molecule has 0 spiro atoms. The van der Waals surface area contributed by atoms with Crippen molar-refractivity contribution in [3.05, 3.63) is 0 Å². The molecular weight excluding hydrogens is 304 g/mol. The molecular formula is C24H38O. The van der Waals surface area contributed by atoms with Gasteiger partial charge in [0.1, 0.15) is 5.78 Å². The third-order valence-electron chi connectivity index (χ3n) is 9.38. The van der Waals surface area contributed by atoms with Gasteiger partial charge in [0.2, 0.25) is 0 Å². The molecule has 0 radical (unpaired) electrons. The lowest BCUT2D eigenvalue weighted by atomic mass is 9.62. The molecule has 5 fully saturated rings. The molecule has 5 saturated carbocycles. The first-order valence-corrected chi connectivity index (χ1v) is 11.9. The summed E-state index contributed by atoms with van der Waals surface area (Å²) in [6.45, 7) is 0. The van der Waals surface area contributed by atoms with E-state index in [4.69, 9.17) is 0 Å². The highest BCUT2D eigenvalue weighted by Crippen LogP contribution is 2.66. The van der Waals surface area contributed by atoms with E-state index < -0.39 is 0 Å². The van der Waals surface area contributed by atoms with Gasteiger partial charge in [0.25, 0.3) is 0 Å². The predicted octanol–water partition coefficient (Wildman–Crippen LogP) is 6.40. The largest absolute Gasteiger partial charge is 0.299 e. The maximum atomic E-state index is 13.5. The van der Waals surface area contributed by atoms with Gasteiger partial charge in [0.05, 0.1) is 0 Å². The minimum Gasteiger partial charge on any atom is -0.299 e. The van der Waals surface area contributed by atoms with Gasteiger partial charge in [-0.15, -0.1) is 0 Å². The standard InChI is InChI=1S/C24H38O/c25-24-19-12-6-4-2-1-3-5-7-13-20(24)23-18-15-9-11-16-10-8-14-17(21(16)18)22(19)23/h16-23H,1-15H2. The quantitative estimate of drug-likeness (QED) is 0.497. The maximum absolute atomic E-state index is 13.5. The summed E-state index contributed by atoms with van der Waals surface area (Å²) in [4.78, 5) is 13.5. The zero-order valence-corrected chi connectivity index (χ0v) is 16.1. The summed E-state index contributed by atoms with van der Waals surface area (Å²) in [6.07, 6.45) is 21.1. The summed E-state index contributed by atoms with van der Waals surface area (Å²) in [6, 6.07) is 0. The number of ketones is 1. The Labute approximate surface area is 154 Å². The summed E-state index contributed by atoms with van der Waals surface area (Å²) < 4.78 is 0. The molecule has 25 heavy (non-hydrogen) atoms. The van der Waals surface area contributed by atoms with Crippen molar-refractivity contribution in [2.24, 2.45) is 47.3 Å². The van der Waals surface area contributed by atoms with Crippen LogP contribution >= 0.6 is 0 Å². The van der Waals surface area contributed by atoms with Crippen molar-refractivity contribution in [1.82, 2.24) is 0 Å². The first-order valence-electron chi connectivity index (χ1n) is 11.9. The van der Waals surface area contributed by atoms with E-state index in [1.807, 2.05) is 0 Å². The number of carbonyl (C=O) groups is 1.